The van der Waals surface area contributed by atoms with E-state index in [2.05, 4.69) is 0 Å². The van der Waals surface area contributed by atoms with Gasteiger partial charge in [0.1, 0.15) is 0 Å². The van der Waals surface area contributed by atoms with Gasteiger partial charge in [0.05, 0.1) is 5.75 Å². The van der Waals surface area contributed by atoms with Crippen LogP contribution in [0.15, 0.2) is 0 Å². The zero-order valence-electron chi connectivity index (χ0n) is 5.37. The van der Waals surface area contributed by atoms with Gasteiger partial charge in [-0.2, -0.15) is 8.42 Å². The number of hydrogen-bond donors (Lipinski definition) is 1. The van der Waals surface area contributed by atoms with Crippen molar-refractivity contribution in [3.05, 3.63) is 6.42 Å². The first-order valence-corrected chi connectivity index (χ1v) is 4.44. The summed E-state index contributed by atoms with van der Waals surface area (Å²) in [5.74, 6) is -0.152. The highest BCUT2D eigenvalue weighted by Crippen LogP contribution is 1.94. The quantitative estimate of drug-likeness (QED) is 0.479. The zero-order valence-corrected chi connectivity index (χ0v) is 6.19. The van der Waals surface area contributed by atoms with Gasteiger partial charge in [0.25, 0.3) is 10.1 Å². The molecule has 0 bridgehead atoms. The first-order valence-electron chi connectivity index (χ1n) is 2.83. The van der Waals surface area contributed by atoms with Crippen LogP contribution in [0.3, 0.4) is 0 Å². The molecule has 1 N–H and O–H groups in total. The fourth-order valence-electron chi connectivity index (χ4n) is 0.436. The van der Waals surface area contributed by atoms with E-state index in [1.165, 1.54) is 0 Å². The lowest BCUT2D eigenvalue weighted by molar-refractivity contribution is 0.482. The summed E-state index contributed by atoms with van der Waals surface area (Å²) in [6, 6.07) is 0. The Hall–Kier alpha value is -0.0900. The van der Waals surface area contributed by atoms with E-state index >= 15 is 0 Å². The maximum atomic E-state index is 10.0. The monoisotopic (exact) mass is 151 g/mol. The van der Waals surface area contributed by atoms with Crippen LogP contribution in [0.25, 0.3) is 0 Å². The predicted octanol–water partition coefficient (Wildman–Crippen LogP) is 0.879. The molecule has 4 heteroatoms. The first kappa shape index (κ1) is 8.91. The van der Waals surface area contributed by atoms with E-state index in [-0.39, 0.29) is 5.75 Å². The smallest absolute Gasteiger partial charge is 0.264 e. The summed E-state index contributed by atoms with van der Waals surface area (Å²) in [7, 11) is -3.73. The fraction of sp³-hybridized carbons (Fsp3) is 0.800. The first-order chi connectivity index (χ1) is 4.06. The third-order valence-corrected chi connectivity index (χ3v) is 1.62. The van der Waals surface area contributed by atoms with Crippen molar-refractivity contribution in [2.75, 3.05) is 5.75 Å². The normalized spacial score (nSPS) is 11.8. The molecule has 3 nitrogen and oxygen atoms in total. The zero-order chi connectivity index (χ0) is 7.33. The molecule has 0 spiro atoms. The van der Waals surface area contributed by atoms with Crippen molar-refractivity contribution in [2.45, 2.75) is 19.8 Å². The highest BCUT2D eigenvalue weighted by Gasteiger charge is 2.01. The highest BCUT2D eigenvalue weighted by molar-refractivity contribution is 7.85. The van der Waals surface area contributed by atoms with Crippen molar-refractivity contribution in [3.8, 4) is 0 Å². The topological polar surface area (TPSA) is 54.4 Å². The van der Waals surface area contributed by atoms with Crippen LogP contribution in [0.4, 0.5) is 0 Å². The number of unbranched alkanes of at least 4 members (excludes halogenated alkanes) is 2. The summed E-state index contributed by atoms with van der Waals surface area (Å²) in [4.78, 5) is 0. The molecule has 1 radical (unpaired) electrons. The molecule has 0 aliphatic rings. The Morgan fingerprint density at radius 3 is 2.44 bits per heavy atom. The Morgan fingerprint density at radius 2 is 2.11 bits per heavy atom. The second-order valence-electron chi connectivity index (χ2n) is 1.77. The van der Waals surface area contributed by atoms with Gasteiger partial charge in [-0.3, -0.25) is 4.55 Å². The lowest BCUT2D eigenvalue weighted by Gasteiger charge is -1.92. The average Bonchev–Trinajstić information content (AvgIpc) is 1.63. The Morgan fingerprint density at radius 1 is 1.56 bits per heavy atom. The lowest BCUT2D eigenvalue weighted by Crippen LogP contribution is -2.03. The molecule has 0 rings (SSSR count). The van der Waals surface area contributed by atoms with Crippen molar-refractivity contribution in [1.29, 1.82) is 0 Å². The van der Waals surface area contributed by atoms with E-state index in [1.807, 2.05) is 13.3 Å². The summed E-state index contributed by atoms with van der Waals surface area (Å²) < 4.78 is 28.3. The van der Waals surface area contributed by atoms with Crippen molar-refractivity contribution in [3.63, 3.8) is 0 Å². The third-order valence-electron chi connectivity index (χ3n) is 0.869. The van der Waals surface area contributed by atoms with E-state index in [4.69, 9.17) is 4.55 Å². The number of hydrogen-bond acceptors (Lipinski definition) is 2. The van der Waals surface area contributed by atoms with E-state index in [1.54, 1.807) is 0 Å². The molecule has 0 aromatic carbocycles. The molecule has 0 unspecified atom stereocenters. The molecule has 0 atom stereocenters. The van der Waals surface area contributed by atoms with Gasteiger partial charge in [0, 0.05) is 0 Å². The maximum Gasteiger partial charge on any atom is 0.264 e. The lowest BCUT2D eigenvalue weighted by atomic mass is 10.3. The second kappa shape index (κ2) is 3.85. The number of rotatable bonds is 4. The maximum absolute atomic E-state index is 10.0. The summed E-state index contributed by atoms with van der Waals surface area (Å²) in [5, 5.41) is 0. The highest BCUT2D eigenvalue weighted by atomic mass is 32.2. The van der Waals surface area contributed by atoms with Crippen LogP contribution in [-0.4, -0.2) is 18.7 Å². The molecule has 0 fully saturated rings. The molecule has 0 aliphatic carbocycles. The van der Waals surface area contributed by atoms with Crippen molar-refractivity contribution < 1.29 is 13.0 Å². The van der Waals surface area contributed by atoms with Crippen LogP contribution < -0.4 is 0 Å². The van der Waals surface area contributed by atoms with E-state index in [0.29, 0.717) is 6.42 Å². The standard InChI is InChI=1S/C5H11O3S/c1-2-3-4-5-9(6,7)8/h3H,2,4-5H2,1H3,(H,6,7,8). The van der Waals surface area contributed by atoms with Gasteiger partial charge in [-0.05, 0) is 12.8 Å². The molecular formula is C5H11O3S. The SMILES string of the molecule is CC[CH]CCS(=O)(=O)O. The third kappa shape index (κ3) is 7.91. The van der Waals surface area contributed by atoms with Crippen LogP contribution in [0, 0.1) is 6.42 Å². The van der Waals surface area contributed by atoms with E-state index in [0.717, 1.165) is 6.42 Å². The van der Waals surface area contributed by atoms with Crippen LogP contribution in [0.2, 0.25) is 0 Å². The molecule has 9 heavy (non-hydrogen) atoms. The summed E-state index contributed by atoms with van der Waals surface area (Å²) in [6.07, 6.45) is 3.10. The Labute approximate surface area is 55.8 Å². The summed E-state index contributed by atoms with van der Waals surface area (Å²) >= 11 is 0. The minimum Gasteiger partial charge on any atom is -0.286 e. The predicted molar refractivity (Wildman–Crippen MR) is 35.6 cm³/mol. The van der Waals surface area contributed by atoms with Crippen molar-refractivity contribution >= 4 is 10.1 Å². The van der Waals surface area contributed by atoms with Crippen LogP contribution in [-0.2, 0) is 10.1 Å². The van der Waals surface area contributed by atoms with Crippen LogP contribution >= 0.6 is 0 Å². The van der Waals surface area contributed by atoms with Gasteiger partial charge >= 0.3 is 0 Å². The Balaban J connectivity index is 3.30. The van der Waals surface area contributed by atoms with Crippen LogP contribution in [0.5, 0.6) is 0 Å². The Bertz CT molecular complexity index is 148. The average molecular weight is 151 g/mol. The fourth-order valence-corrected chi connectivity index (χ4v) is 0.901. The van der Waals surface area contributed by atoms with Gasteiger partial charge in [-0.1, -0.05) is 13.3 Å². The molecular weight excluding hydrogens is 140 g/mol. The molecule has 0 aromatic rings. The molecule has 0 aliphatic heterocycles. The van der Waals surface area contributed by atoms with E-state index < -0.39 is 10.1 Å². The van der Waals surface area contributed by atoms with Crippen molar-refractivity contribution in [2.24, 2.45) is 0 Å². The molecule has 0 saturated carbocycles. The molecule has 0 saturated heterocycles. The summed E-state index contributed by atoms with van der Waals surface area (Å²) in [6.45, 7) is 1.92. The summed E-state index contributed by atoms with van der Waals surface area (Å²) in [5.41, 5.74) is 0. The van der Waals surface area contributed by atoms with Crippen molar-refractivity contribution in [1.82, 2.24) is 0 Å². The van der Waals surface area contributed by atoms with Gasteiger partial charge in [-0.15, -0.1) is 0 Å². The molecule has 0 aromatic heterocycles. The molecule has 0 heterocycles. The van der Waals surface area contributed by atoms with Gasteiger partial charge in [0.2, 0.25) is 0 Å². The Kier molecular flexibility index (Phi) is 3.81. The molecule has 0 amide bonds. The minimum absolute atomic E-state index is 0.152. The molecule has 55 valence electrons. The van der Waals surface area contributed by atoms with Crippen LogP contribution in [0.1, 0.15) is 19.8 Å². The second-order valence-corrected chi connectivity index (χ2v) is 3.34. The van der Waals surface area contributed by atoms with Gasteiger partial charge < -0.3 is 0 Å². The van der Waals surface area contributed by atoms with Gasteiger partial charge in [0.15, 0.2) is 0 Å². The largest absolute Gasteiger partial charge is 0.286 e. The van der Waals surface area contributed by atoms with E-state index in [9.17, 15) is 8.42 Å². The van der Waals surface area contributed by atoms with Gasteiger partial charge in [-0.25, -0.2) is 0 Å². The minimum atomic E-state index is -3.73.